The molecule has 2 rings (SSSR count). The zero-order valence-electron chi connectivity index (χ0n) is 12.2. The summed E-state index contributed by atoms with van der Waals surface area (Å²) in [5.41, 5.74) is 0. The highest BCUT2D eigenvalue weighted by Gasteiger charge is 2.12. The van der Waals surface area contributed by atoms with E-state index in [1.165, 1.54) is 0 Å². The summed E-state index contributed by atoms with van der Waals surface area (Å²) < 4.78 is 0. The molecule has 0 amide bonds. The van der Waals surface area contributed by atoms with Crippen LogP contribution in [-0.2, 0) is 0 Å². The van der Waals surface area contributed by atoms with E-state index in [-0.39, 0.29) is 12.1 Å². The first-order chi connectivity index (χ1) is 9.60. The van der Waals surface area contributed by atoms with Crippen LogP contribution in [0.4, 0.5) is 11.8 Å². The van der Waals surface area contributed by atoms with E-state index in [1.807, 2.05) is 18.4 Å². The van der Waals surface area contributed by atoms with E-state index in [9.17, 15) is 5.11 Å². The Kier molecular flexibility index (Phi) is 5.14. The van der Waals surface area contributed by atoms with Gasteiger partial charge in [-0.2, -0.15) is 4.98 Å². The summed E-state index contributed by atoms with van der Waals surface area (Å²) >= 11 is 1.61. The first-order valence-corrected chi connectivity index (χ1v) is 7.91. The number of nitrogens with one attached hydrogen (secondary N) is 2. The summed E-state index contributed by atoms with van der Waals surface area (Å²) in [6.07, 6.45) is 1.40. The number of anilines is 2. The molecule has 5 nitrogen and oxygen atoms in total. The number of fused-ring (bicyclic) bond motifs is 1. The van der Waals surface area contributed by atoms with Gasteiger partial charge < -0.3 is 15.7 Å². The molecule has 2 aromatic rings. The summed E-state index contributed by atoms with van der Waals surface area (Å²) in [5, 5.41) is 19.1. The number of thiophene rings is 1. The standard InChI is InChI=1S/C14H22N4OS/c1-4-6-15-14-17-12(16-9(2)8-10(3)19)11-5-7-20-13(11)18-14/h5,7,9-10,19H,4,6,8H2,1-3H3,(H2,15,16,17,18). The molecule has 2 unspecified atom stereocenters. The SMILES string of the molecule is CCCNc1nc(NC(C)CC(C)O)c2ccsc2n1. The number of rotatable bonds is 7. The van der Waals surface area contributed by atoms with Crippen LogP contribution in [-0.4, -0.2) is 33.8 Å². The fraction of sp³-hybridized carbons (Fsp3) is 0.571. The molecule has 0 aromatic carbocycles. The lowest BCUT2D eigenvalue weighted by Gasteiger charge is -2.17. The Labute approximate surface area is 123 Å². The number of nitrogens with zero attached hydrogens (tertiary/aromatic N) is 2. The van der Waals surface area contributed by atoms with Crippen molar-refractivity contribution in [3.8, 4) is 0 Å². The molecule has 2 heterocycles. The van der Waals surface area contributed by atoms with Crippen LogP contribution in [0.5, 0.6) is 0 Å². The second-order valence-corrected chi connectivity index (χ2v) is 5.99. The zero-order chi connectivity index (χ0) is 14.5. The normalized spacial score (nSPS) is 14.2. The Morgan fingerprint density at radius 2 is 2.15 bits per heavy atom. The van der Waals surface area contributed by atoms with Crippen molar-refractivity contribution in [1.29, 1.82) is 0 Å². The van der Waals surface area contributed by atoms with Crippen molar-refractivity contribution >= 4 is 33.3 Å². The molecule has 0 spiro atoms. The van der Waals surface area contributed by atoms with Gasteiger partial charge in [0.15, 0.2) is 0 Å². The Bertz CT molecular complexity index is 555. The fourth-order valence-electron chi connectivity index (χ4n) is 2.09. The van der Waals surface area contributed by atoms with Gasteiger partial charge in [-0.15, -0.1) is 11.3 Å². The van der Waals surface area contributed by atoms with Gasteiger partial charge in [0, 0.05) is 12.6 Å². The number of aliphatic hydroxyl groups is 1. The molecule has 0 aliphatic rings. The highest BCUT2D eigenvalue weighted by atomic mass is 32.1. The monoisotopic (exact) mass is 294 g/mol. The van der Waals surface area contributed by atoms with Gasteiger partial charge in [-0.3, -0.25) is 0 Å². The van der Waals surface area contributed by atoms with Crippen molar-refractivity contribution in [3.63, 3.8) is 0 Å². The first-order valence-electron chi connectivity index (χ1n) is 7.03. The van der Waals surface area contributed by atoms with Crippen molar-refractivity contribution in [3.05, 3.63) is 11.4 Å². The van der Waals surface area contributed by atoms with Crippen molar-refractivity contribution in [2.45, 2.75) is 45.8 Å². The van der Waals surface area contributed by atoms with Gasteiger partial charge in [0.05, 0.1) is 11.5 Å². The molecule has 0 aliphatic heterocycles. The third-order valence-electron chi connectivity index (χ3n) is 2.94. The molecule has 6 heteroatoms. The van der Waals surface area contributed by atoms with Crippen LogP contribution in [0.2, 0.25) is 0 Å². The Balaban J connectivity index is 2.22. The average molecular weight is 294 g/mol. The molecule has 0 radical (unpaired) electrons. The molecule has 20 heavy (non-hydrogen) atoms. The zero-order valence-corrected chi connectivity index (χ0v) is 13.0. The van der Waals surface area contributed by atoms with Crippen molar-refractivity contribution < 1.29 is 5.11 Å². The highest BCUT2D eigenvalue weighted by Crippen LogP contribution is 2.27. The maximum absolute atomic E-state index is 9.46. The number of hydrogen-bond donors (Lipinski definition) is 3. The van der Waals surface area contributed by atoms with Gasteiger partial charge in [-0.05, 0) is 38.1 Å². The molecule has 0 saturated carbocycles. The Morgan fingerprint density at radius 1 is 1.35 bits per heavy atom. The van der Waals surface area contributed by atoms with Crippen molar-refractivity contribution in [2.75, 3.05) is 17.2 Å². The summed E-state index contributed by atoms with van der Waals surface area (Å²) in [6.45, 7) is 6.82. The molecule has 0 saturated heterocycles. The van der Waals surface area contributed by atoms with Gasteiger partial charge in [-0.25, -0.2) is 4.98 Å². The van der Waals surface area contributed by atoms with E-state index >= 15 is 0 Å². The maximum Gasteiger partial charge on any atom is 0.226 e. The summed E-state index contributed by atoms with van der Waals surface area (Å²) in [4.78, 5) is 10.0. The number of hydrogen-bond acceptors (Lipinski definition) is 6. The quantitative estimate of drug-likeness (QED) is 0.732. The van der Waals surface area contributed by atoms with E-state index in [4.69, 9.17) is 0 Å². The van der Waals surface area contributed by atoms with Crippen LogP contribution in [0.3, 0.4) is 0 Å². The van der Waals surface area contributed by atoms with Crippen molar-refractivity contribution in [2.24, 2.45) is 0 Å². The highest BCUT2D eigenvalue weighted by molar-refractivity contribution is 7.16. The topological polar surface area (TPSA) is 70.1 Å². The van der Waals surface area contributed by atoms with Crippen LogP contribution >= 0.6 is 11.3 Å². The Morgan fingerprint density at radius 3 is 2.85 bits per heavy atom. The van der Waals surface area contributed by atoms with Gasteiger partial charge in [0.1, 0.15) is 10.6 Å². The van der Waals surface area contributed by atoms with Gasteiger partial charge in [0.25, 0.3) is 0 Å². The van der Waals surface area contributed by atoms with Crippen LogP contribution in [0.15, 0.2) is 11.4 Å². The van der Waals surface area contributed by atoms with E-state index in [0.29, 0.717) is 12.4 Å². The third-order valence-corrected chi connectivity index (χ3v) is 3.74. The molecule has 2 aromatic heterocycles. The lowest BCUT2D eigenvalue weighted by molar-refractivity contribution is 0.179. The van der Waals surface area contributed by atoms with Gasteiger partial charge in [0.2, 0.25) is 5.95 Å². The molecule has 0 bridgehead atoms. The van der Waals surface area contributed by atoms with Crippen LogP contribution < -0.4 is 10.6 Å². The molecule has 2 atom stereocenters. The third kappa shape index (κ3) is 3.80. The summed E-state index contributed by atoms with van der Waals surface area (Å²) in [7, 11) is 0. The summed E-state index contributed by atoms with van der Waals surface area (Å²) in [6, 6.07) is 2.19. The molecule has 0 aliphatic carbocycles. The molecule has 110 valence electrons. The average Bonchev–Trinajstić information content (AvgIpc) is 2.83. The predicted octanol–water partition coefficient (Wildman–Crippen LogP) is 3.08. The summed E-state index contributed by atoms with van der Waals surface area (Å²) in [5.74, 6) is 1.50. The molecular formula is C14H22N4OS. The second kappa shape index (κ2) is 6.85. The van der Waals surface area contributed by atoms with Gasteiger partial charge >= 0.3 is 0 Å². The minimum atomic E-state index is -0.324. The lowest BCUT2D eigenvalue weighted by atomic mass is 10.1. The minimum Gasteiger partial charge on any atom is -0.393 e. The Hall–Kier alpha value is -1.40. The smallest absolute Gasteiger partial charge is 0.226 e. The number of aliphatic hydroxyl groups excluding tert-OH is 1. The largest absolute Gasteiger partial charge is 0.393 e. The minimum absolute atomic E-state index is 0.159. The van der Waals surface area contributed by atoms with E-state index in [2.05, 4.69) is 27.5 Å². The first kappa shape index (κ1) is 15.0. The number of aromatic nitrogens is 2. The molecular weight excluding hydrogens is 272 g/mol. The second-order valence-electron chi connectivity index (χ2n) is 5.09. The van der Waals surface area contributed by atoms with E-state index in [1.54, 1.807) is 18.3 Å². The van der Waals surface area contributed by atoms with Crippen LogP contribution in [0.1, 0.15) is 33.6 Å². The molecule has 0 fully saturated rings. The van der Waals surface area contributed by atoms with E-state index < -0.39 is 0 Å². The van der Waals surface area contributed by atoms with E-state index in [0.717, 1.165) is 29.0 Å². The molecule has 3 N–H and O–H groups in total. The maximum atomic E-state index is 9.46. The van der Waals surface area contributed by atoms with Crippen LogP contribution in [0.25, 0.3) is 10.2 Å². The lowest BCUT2D eigenvalue weighted by Crippen LogP contribution is -2.21. The predicted molar refractivity (Wildman–Crippen MR) is 85.6 cm³/mol. The van der Waals surface area contributed by atoms with Crippen molar-refractivity contribution in [1.82, 2.24) is 9.97 Å². The fourth-order valence-corrected chi connectivity index (χ4v) is 2.85. The van der Waals surface area contributed by atoms with Gasteiger partial charge in [-0.1, -0.05) is 6.92 Å². The van der Waals surface area contributed by atoms with Crippen LogP contribution in [0, 0.1) is 0 Å².